The van der Waals surface area contributed by atoms with Crippen LogP contribution in [-0.4, -0.2) is 25.6 Å². The standard InChI is InChI=1S/C20H28N6/c1-13-6-8-15(9-7-13)11-26-12-22-19-18(26)20(25-17(10-21)24-19)23-14(2)16-4-3-5-16/h12-16H,3-9,11H2,1-2H3,(H,23,24,25)/t13?,14-,15?/m1/s1. The maximum atomic E-state index is 9.28. The van der Waals surface area contributed by atoms with E-state index in [1.54, 1.807) is 0 Å². The SMILES string of the molecule is CC1CCC(Cn2cnc3nc(C#N)nc(N[C@H](C)C4CCC4)c32)CC1. The van der Waals surface area contributed by atoms with Crippen LogP contribution in [0.4, 0.5) is 5.82 Å². The average Bonchev–Trinajstić information content (AvgIpc) is 2.98. The minimum atomic E-state index is 0.192. The zero-order valence-electron chi connectivity index (χ0n) is 15.8. The molecule has 2 fully saturated rings. The molecular formula is C20H28N6. The number of hydrogen-bond acceptors (Lipinski definition) is 5. The number of imidazole rings is 1. The van der Waals surface area contributed by atoms with Crippen molar-refractivity contribution in [2.45, 2.75) is 71.4 Å². The summed E-state index contributed by atoms with van der Waals surface area (Å²) in [5, 5.41) is 12.8. The van der Waals surface area contributed by atoms with Gasteiger partial charge in [0, 0.05) is 12.6 Å². The van der Waals surface area contributed by atoms with Gasteiger partial charge in [0.25, 0.3) is 0 Å². The number of fused-ring (bicyclic) bond motifs is 1. The van der Waals surface area contributed by atoms with Gasteiger partial charge in [0.1, 0.15) is 11.6 Å². The summed E-state index contributed by atoms with van der Waals surface area (Å²) in [6.07, 6.45) is 10.9. The molecule has 2 saturated carbocycles. The predicted octanol–water partition coefficient (Wildman–Crippen LogP) is 4.12. The first kappa shape index (κ1) is 17.3. The van der Waals surface area contributed by atoms with Crippen LogP contribution in [0, 0.1) is 29.1 Å². The van der Waals surface area contributed by atoms with Crippen molar-refractivity contribution < 1.29 is 0 Å². The molecule has 4 rings (SSSR count). The van der Waals surface area contributed by atoms with E-state index >= 15 is 0 Å². The Morgan fingerprint density at radius 3 is 2.65 bits per heavy atom. The lowest BCUT2D eigenvalue weighted by molar-refractivity contribution is 0.266. The summed E-state index contributed by atoms with van der Waals surface area (Å²) < 4.78 is 2.20. The molecule has 6 nitrogen and oxygen atoms in total. The number of nitrogens with one attached hydrogen (secondary N) is 1. The smallest absolute Gasteiger partial charge is 0.236 e. The molecule has 2 aliphatic carbocycles. The summed E-state index contributed by atoms with van der Waals surface area (Å²) >= 11 is 0. The third-order valence-electron chi connectivity index (χ3n) is 6.38. The highest BCUT2D eigenvalue weighted by molar-refractivity contribution is 5.83. The molecule has 2 heterocycles. The Labute approximate surface area is 155 Å². The maximum Gasteiger partial charge on any atom is 0.236 e. The van der Waals surface area contributed by atoms with Crippen LogP contribution >= 0.6 is 0 Å². The molecule has 138 valence electrons. The Kier molecular flexibility index (Phi) is 4.80. The Balaban J connectivity index is 1.62. The molecule has 0 radical (unpaired) electrons. The van der Waals surface area contributed by atoms with Crippen LogP contribution in [0.1, 0.15) is 64.6 Å². The second kappa shape index (κ2) is 7.22. The van der Waals surface area contributed by atoms with Crippen molar-refractivity contribution in [3.63, 3.8) is 0 Å². The topological polar surface area (TPSA) is 79.4 Å². The fourth-order valence-electron chi connectivity index (χ4n) is 4.33. The molecule has 1 N–H and O–H groups in total. The zero-order chi connectivity index (χ0) is 18.1. The molecule has 0 amide bonds. The Morgan fingerprint density at radius 2 is 2.00 bits per heavy atom. The van der Waals surface area contributed by atoms with E-state index in [2.05, 4.69) is 44.8 Å². The zero-order valence-corrected chi connectivity index (χ0v) is 15.8. The minimum Gasteiger partial charge on any atom is -0.365 e. The van der Waals surface area contributed by atoms with E-state index in [9.17, 15) is 5.26 Å². The predicted molar refractivity (Wildman–Crippen MR) is 102 cm³/mol. The van der Waals surface area contributed by atoms with Crippen LogP contribution in [0.25, 0.3) is 11.2 Å². The third kappa shape index (κ3) is 3.40. The molecule has 0 saturated heterocycles. The molecule has 0 bridgehead atoms. The van der Waals surface area contributed by atoms with Crippen molar-refractivity contribution in [3.8, 4) is 6.07 Å². The van der Waals surface area contributed by atoms with Gasteiger partial charge in [-0.25, -0.2) is 4.98 Å². The highest BCUT2D eigenvalue weighted by Crippen LogP contribution is 2.33. The van der Waals surface area contributed by atoms with Gasteiger partial charge >= 0.3 is 0 Å². The van der Waals surface area contributed by atoms with Crippen molar-refractivity contribution in [1.82, 2.24) is 19.5 Å². The van der Waals surface area contributed by atoms with Crippen LogP contribution in [0.15, 0.2) is 6.33 Å². The summed E-state index contributed by atoms with van der Waals surface area (Å²) in [5.74, 6) is 3.20. The van der Waals surface area contributed by atoms with Gasteiger partial charge in [-0.1, -0.05) is 26.2 Å². The largest absolute Gasteiger partial charge is 0.365 e. The molecular weight excluding hydrogens is 324 g/mol. The summed E-state index contributed by atoms with van der Waals surface area (Å²) in [6, 6.07) is 2.43. The molecule has 1 atom stereocenters. The maximum absolute atomic E-state index is 9.28. The lowest BCUT2D eigenvalue weighted by atomic mass is 9.80. The normalized spacial score (nSPS) is 24.8. The van der Waals surface area contributed by atoms with Crippen molar-refractivity contribution in [3.05, 3.63) is 12.2 Å². The van der Waals surface area contributed by atoms with E-state index < -0.39 is 0 Å². The highest BCUT2D eigenvalue weighted by atomic mass is 15.2. The first-order valence-corrected chi connectivity index (χ1v) is 10.0. The monoisotopic (exact) mass is 352 g/mol. The van der Waals surface area contributed by atoms with Gasteiger partial charge in [-0.05, 0) is 50.4 Å². The van der Waals surface area contributed by atoms with Crippen LogP contribution in [0.5, 0.6) is 0 Å². The first-order chi connectivity index (χ1) is 12.6. The summed E-state index contributed by atoms with van der Waals surface area (Å²) in [4.78, 5) is 13.3. The number of aromatic nitrogens is 4. The number of nitrogens with zero attached hydrogens (tertiary/aromatic N) is 5. The number of anilines is 1. The molecule has 2 aromatic heterocycles. The van der Waals surface area contributed by atoms with E-state index in [1.807, 2.05) is 6.33 Å². The van der Waals surface area contributed by atoms with E-state index in [1.165, 1.54) is 44.9 Å². The number of hydrogen-bond donors (Lipinski definition) is 1. The molecule has 6 heteroatoms. The number of rotatable bonds is 5. The first-order valence-electron chi connectivity index (χ1n) is 10.0. The Morgan fingerprint density at radius 1 is 1.23 bits per heavy atom. The average molecular weight is 352 g/mol. The van der Waals surface area contributed by atoms with Crippen LogP contribution < -0.4 is 5.32 Å². The molecule has 0 unspecified atom stereocenters. The van der Waals surface area contributed by atoms with Gasteiger partial charge in [0.2, 0.25) is 5.82 Å². The lowest BCUT2D eigenvalue weighted by Crippen LogP contribution is -2.31. The summed E-state index contributed by atoms with van der Waals surface area (Å²) in [7, 11) is 0. The molecule has 0 aliphatic heterocycles. The Bertz CT molecular complexity index is 808. The molecule has 26 heavy (non-hydrogen) atoms. The van der Waals surface area contributed by atoms with Gasteiger partial charge in [0.15, 0.2) is 11.5 Å². The molecule has 2 aliphatic rings. The van der Waals surface area contributed by atoms with Crippen molar-refractivity contribution in [2.24, 2.45) is 17.8 Å². The quantitative estimate of drug-likeness (QED) is 0.875. The van der Waals surface area contributed by atoms with Gasteiger partial charge in [-0.3, -0.25) is 0 Å². The van der Waals surface area contributed by atoms with Gasteiger partial charge in [-0.15, -0.1) is 0 Å². The van der Waals surface area contributed by atoms with Gasteiger partial charge < -0.3 is 9.88 Å². The van der Waals surface area contributed by atoms with Crippen molar-refractivity contribution in [1.29, 1.82) is 5.26 Å². The fraction of sp³-hybridized carbons (Fsp3) is 0.700. The van der Waals surface area contributed by atoms with Gasteiger partial charge in [-0.2, -0.15) is 15.2 Å². The van der Waals surface area contributed by atoms with E-state index in [4.69, 9.17) is 0 Å². The van der Waals surface area contributed by atoms with E-state index in [0.29, 0.717) is 23.5 Å². The third-order valence-corrected chi connectivity index (χ3v) is 6.38. The minimum absolute atomic E-state index is 0.192. The van der Waals surface area contributed by atoms with Crippen molar-refractivity contribution >= 4 is 17.0 Å². The van der Waals surface area contributed by atoms with E-state index in [-0.39, 0.29) is 5.82 Å². The Hall–Kier alpha value is -2.16. The van der Waals surface area contributed by atoms with Gasteiger partial charge in [0.05, 0.1) is 6.33 Å². The summed E-state index contributed by atoms with van der Waals surface area (Å²) in [6.45, 7) is 5.53. The molecule has 0 aromatic carbocycles. The second-order valence-corrected chi connectivity index (χ2v) is 8.33. The molecule has 0 spiro atoms. The lowest BCUT2D eigenvalue weighted by Gasteiger charge is -2.32. The fourth-order valence-corrected chi connectivity index (χ4v) is 4.33. The van der Waals surface area contributed by atoms with Crippen LogP contribution in [0.3, 0.4) is 0 Å². The van der Waals surface area contributed by atoms with Crippen molar-refractivity contribution in [2.75, 3.05) is 5.32 Å². The second-order valence-electron chi connectivity index (χ2n) is 8.33. The number of nitriles is 1. The molecule has 2 aromatic rings. The van der Waals surface area contributed by atoms with Crippen LogP contribution in [0.2, 0.25) is 0 Å². The summed E-state index contributed by atoms with van der Waals surface area (Å²) in [5.41, 5.74) is 1.58. The van der Waals surface area contributed by atoms with Crippen LogP contribution in [-0.2, 0) is 6.54 Å². The highest BCUT2D eigenvalue weighted by Gasteiger charge is 2.26. The van der Waals surface area contributed by atoms with E-state index in [0.717, 1.165) is 23.8 Å².